The highest BCUT2D eigenvalue weighted by molar-refractivity contribution is 6.01. The summed E-state index contributed by atoms with van der Waals surface area (Å²) in [6.07, 6.45) is 0. The summed E-state index contributed by atoms with van der Waals surface area (Å²) in [5, 5.41) is 21.7. The molecule has 0 saturated heterocycles. The second-order valence-corrected chi connectivity index (χ2v) is 4.38. The van der Waals surface area contributed by atoms with E-state index in [9.17, 15) is 19.8 Å². The Bertz CT molecular complexity index is 478. The fourth-order valence-electron chi connectivity index (χ4n) is 1.90. The van der Waals surface area contributed by atoms with Gasteiger partial charge in [0, 0.05) is 13.1 Å². The van der Waals surface area contributed by atoms with Crippen LogP contribution in [0.2, 0.25) is 0 Å². The Kier molecular flexibility index (Phi) is 5.37. The molecule has 0 aromatic heterocycles. The molecule has 0 aliphatic carbocycles. The molecule has 0 bridgehead atoms. The maximum Gasteiger partial charge on any atom is 0.259 e. The lowest BCUT2D eigenvalue weighted by atomic mass is 10.1. The molecule has 0 radical (unpaired) electrons. The molecule has 0 spiro atoms. The summed E-state index contributed by atoms with van der Waals surface area (Å²) in [5.41, 5.74) is -0.230. The molecular formula is C14H20N2O4. The molecule has 0 aliphatic rings. The monoisotopic (exact) mass is 280 g/mol. The van der Waals surface area contributed by atoms with Crippen molar-refractivity contribution in [1.29, 1.82) is 0 Å². The smallest absolute Gasteiger partial charge is 0.259 e. The van der Waals surface area contributed by atoms with Gasteiger partial charge in [0.05, 0.1) is 0 Å². The number of benzene rings is 1. The van der Waals surface area contributed by atoms with Crippen LogP contribution < -0.4 is 5.32 Å². The Morgan fingerprint density at radius 1 is 1.20 bits per heavy atom. The zero-order chi connectivity index (χ0) is 15.3. The quantitative estimate of drug-likeness (QED) is 0.753. The number of carbonyl (C=O) groups is 2. The van der Waals surface area contributed by atoms with E-state index in [1.807, 2.05) is 13.8 Å². The molecule has 0 heterocycles. The fraction of sp³-hybridized carbons (Fsp3) is 0.429. The molecule has 3 N–H and O–H groups in total. The van der Waals surface area contributed by atoms with E-state index < -0.39 is 11.9 Å². The minimum atomic E-state index is -0.735. The number of nitrogens with zero attached hydrogens (tertiary/aromatic N) is 1. The van der Waals surface area contributed by atoms with Gasteiger partial charge in [-0.05, 0) is 32.9 Å². The van der Waals surface area contributed by atoms with E-state index in [0.717, 1.165) is 0 Å². The minimum absolute atomic E-state index is 0.210. The molecule has 6 heteroatoms. The first-order valence-corrected chi connectivity index (χ1v) is 6.52. The van der Waals surface area contributed by atoms with Gasteiger partial charge in [-0.25, -0.2) is 0 Å². The number of likely N-dealkylation sites (N-methyl/N-ethyl adjacent to an activating group) is 1. The molecule has 1 aromatic rings. The van der Waals surface area contributed by atoms with Crippen molar-refractivity contribution in [1.82, 2.24) is 10.2 Å². The maximum absolute atomic E-state index is 12.0. The number of nitrogens with one attached hydrogen (secondary N) is 1. The first-order valence-electron chi connectivity index (χ1n) is 6.52. The second kappa shape index (κ2) is 6.79. The van der Waals surface area contributed by atoms with Crippen molar-refractivity contribution in [3.05, 3.63) is 23.8 Å². The second-order valence-electron chi connectivity index (χ2n) is 4.38. The van der Waals surface area contributed by atoms with Crippen molar-refractivity contribution in [2.75, 3.05) is 13.1 Å². The van der Waals surface area contributed by atoms with Crippen LogP contribution in [0.1, 0.15) is 31.1 Å². The standard InChI is InChI=1S/C14H20N2O4/c1-4-16(5-2)14(20)9(3)15-13(19)12-10(17)7-6-8-11(12)18/h6-9,17-18H,4-5H2,1-3H3,(H,15,19). The van der Waals surface area contributed by atoms with Crippen LogP contribution in [0.15, 0.2) is 18.2 Å². The van der Waals surface area contributed by atoms with Gasteiger partial charge in [-0.3, -0.25) is 9.59 Å². The van der Waals surface area contributed by atoms with E-state index in [-0.39, 0.29) is 23.0 Å². The van der Waals surface area contributed by atoms with Crippen LogP contribution >= 0.6 is 0 Å². The van der Waals surface area contributed by atoms with Crippen LogP contribution in [-0.4, -0.2) is 46.1 Å². The summed E-state index contributed by atoms with van der Waals surface area (Å²) >= 11 is 0. The normalized spacial score (nSPS) is 11.8. The summed E-state index contributed by atoms with van der Waals surface area (Å²) < 4.78 is 0. The molecule has 6 nitrogen and oxygen atoms in total. The van der Waals surface area contributed by atoms with Crippen molar-refractivity contribution in [3.8, 4) is 11.5 Å². The Hall–Kier alpha value is -2.24. The molecule has 1 atom stereocenters. The number of rotatable bonds is 5. The summed E-state index contributed by atoms with van der Waals surface area (Å²) in [4.78, 5) is 25.6. The molecule has 1 aromatic carbocycles. The highest BCUT2D eigenvalue weighted by atomic mass is 16.3. The topological polar surface area (TPSA) is 89.9 Å². The van der Waals surface area contributed by atoms with Gasteiger partial charge in [0.1, 0.15) is 23.1 Å². The van der Waals surface area contributed by atoms with Crippen molar-refractivity contribution in [3.63, 3.8) is 0 Å². The Morgan fingerprint density at radius 3 is 2.15 bits per heavy atom. The largest absolute Gasteiger partial charge is 0.507 e. The van der Waals surface area contributed by atoms with Gasteiger partial charge in [0.15, 0.2) is 0 Å². The Morgan fingerprint density at radius 2 is 1.70 bits per heavy atom. The van der Waals surface area contributed by atoms with Gasteiger partial charge < -0.3 is 20.4 Å². The van der Waals surface area contributed by atoms with Gasteiger partial charge in [-0.15, -0.1) is 0 Å². The van der Waals surface area contributed by atoms with Crippen LogP contribution in [0.25, 0.3) is 0 Å². The van der Waals surface area contributed by atoms with E-state index >= 15 is 0 Å². The first kappa shape index (κ1) is 15.8. The van der Waals surface area contributed by atoms with Crippen molar-refractivity contribution in [2.45, 2.75) is 26.8 Å². The number of aromatic hydroxyl groups is 2. The molecule has 20 heavy (non-hydrogen) atoms. The Labute approximate surface area is 118 Å². The SMILES string of the molecule is CCN(CC)C(=O)C(C)NC(=O)c1c(O)cccc1O. The van der Waals surface area contributed by atoms with Gasteiger partial charge >= 0.3 is 0 Å². The lowest BCUT2D eigenvalue weighted by molar-refractivity contribution is -0.132. The molecule has 1 rings (SSSR count). The van der Waals surface area contributed by atoms with E-state index in [1.54, 1.807) is 11.8 Å². The third-order valence-electron chi connectivity index (χ3n) is 3.04. The van der Waals surface area contributed by atoms with Crippen LogP contribution in [0.5, 0.6) is 11.5 Å². The van der Waals surface area contributed by atoms with Crippen LogP contribution in [-0.2, 0) is 4.79 Å². The average Bonchev–Trinajstić information content (AvgIpc) is 2.39. The van der Waals surface area contributed by atoms with Crippen LogP contribution in [0, 0.1) is 0 Å². The fourth-order valence-corrected chi connectivity index (χ4v) is 1.90. The first-order chi connectivity index (χ1) is 9.42. The molecule has 0 aliphatic heterocycles. The van der Waals surface area contributed by atoms with Gasteiger partial charge in [-0.1, -0.05) is 6.07 Å². The van der Waals surface area contributed by atoms with Crippen molar-refractivity contribution < 1.29 is 19.8 Å². The zero-order valence-corrected chi connectivity index (χ0v) is 11.9. The third kappa shape index (κ3) is 3.40. The average molecular weight is 280 g/mol. The van der Waals surface area contributed by atoms with E-state index in [1.165, 1.54) is 18.2 Å². The van der Waals surface area contributed by atoms with E-state index in [2.05, 4.69) is 5.32 Å². The molecule has 1 unspecified atom stereocenters. The predicted octanol–water partition coefficient (Wildman–Crippen LogP) is 1.08. The molecule has 0 fully saturated rings. The molecule has 110 valence electrons. The van der Waals surface area contributed by atoms with Crippen LogP contribution in [0.3, 0.4) is 0 Å². The van der Waals surface area contributed by atoms with Crippen molar-refractivity contribution >= 4 is 11.8 Å². The van der Waals surface area contributed by atoms with Crippen molar-refractivity contribution in [2.24, 2.45) is 0 Å². The highest BCUT2D eigenvalue weighted by Gasteiger charge is 2.23. The molecule has 2 amide bonds. The summed E-state index contributed by atoms with van der Waals surface area (Å²) in [6.45, 7) is 6.37. The number of hydrogen-bond donors (Lipinski definition) is 3. The number of phenolic OH excluding ortho intramolecular Hbond substituents is 2. The zero-order valence-electron chi connectivity index (χ0n) is 11.9. The lowest BCUT2D eigenvalue weighted by Gasteiger charge is -2.23. The number of carbonyl (C=O) groups excluding carboxylic acids is 2. The maximum atomic E-state index is 12.0. The number of hydrogen-bond acceptors (Lipinski definition) is 4. The Balaban J connectivity index is 2.83. The molecule has 0 saturated carbocycles. The third-order valence-corrected chi connectivity index (χ3v) is 3.04. The van der Waals surface area contributed by atoms with Gasteiger partial charge in [0.2, 0.25) is 5.91 Å². The molecular weight excluding hydrogens is 260 g/mol. The van der Waals surface area contributed by atoms with Gasteiger partial charge in [-0.2, -0.15) is 0 Å². The number of phenols is 2. The van der Waals surface area contributed by atoms with E-state index in [4.69, 9.17) is 0 Å². The highest BCUT2D eigenvalue weighted by Crippen LogP contribution is 2.25. The lowest BCUT2D eigenvalue weighted by Crippen LogP contribution is -2.46. The minimum Gasteiger partial charge on any atom is -0.507 e. The van der Waals surface area contributed by atoms with E-state index in [0.29, 0.717) is 13.1 Å². The van der Waals surface area contributed by atoms with Crippen LogP contribution in [0.4, 0.5) is 0 Å². The predicted molar refractivity (Wildman–Crippen MR) is 74.6 cm³/mol. The number of amides is 2. The summed E-state index contributed by atoms with van der Waals surface area (Å²) in [7, 11) is 0. The van der Waals surface area contributed by atoms with Gasteiger partial charge in [0.25, 0.3) is 5.91 Å². The summed E-state index contributed by atoms with van der Waals surface area (Å²) in [6, 6.07) is 3.28. The summed E-state index contributed by atoms with van der Waals surface area (Å²) in [5.74, 6) is -1.55.